The molecule has 0 radical (unpaired) electrons. The molecule has 0 unspecified atom stereocenters. The molecule has 0 atom stereocenters. The molecule has 1 fully saturated rings. The first-order valence-electron chi connectivity index (χ1n) is 6.35. The van der Waals surface area contributed by atoms with E-state index >= 15 is 0 Å². The average Bonchev–Trinajstić information content (AvgIpc) is 2.82. The Bertz CT molecular complexity index is 473. The zero-order valence-corrected chi connectivity index (χ0v) is 12.5. The van der Waals surface area contributed by atoms with Gasteiger partial charge in [-0.15, -0.1) is 11.3 Å². The van der Waals surface area contributed by atoms with Crippen LogP contribution in [0.1, 0.15) is 32.1 Å². The molecule has 0 aliphatic heterocycles. The molecule has 0 bridgehead atoms. The number of nitrogens with one attached hydrogen (secondary N) is 1. The van der Waals surface area contributed by atoms with Crippen molar-refractivity contribution in [1.29, 1.82) is 0 Å². The maximum absolute atomic E-state index is 4.60. The molecule has 18 heavy (non-hydrogen) atoms. The second-order valence-electron chi connectivity index (χ2n) is 4.51. The van der Waals surface area contributed by atoms with E-state index in [4.69, 9.17) is 0 Å². The normalized spacial score (nSPS) is 17.3. The van der Waals surface area contributed by atoms with Crippen LogP contribution in [0.5, 0.6) is 0 Å². The fraction of sp³-hybridized carbons (Fsp3) is 0.462. The molecule has 2 aromatic rings. The number of hydrogen-bond donors (Lipinski definition) is 1. The summed E-state index contributed by atoms with van der Waals surface area (Å²) < 4.78 is 5.79. The summed E-state index contributed by atoms with van der Waals surface area (Å²) in [6.07, 6.45) is 6.93. The lowest BCUT2D eigenvalue weighted by Crippen LogP contribution is -2.11. The van der Waals surface area contributed by atoms with Gasteiger partial charge in [-0.3, -0.25) is 0 Å². The van der Waals surface area contributed by atoms with Gasteiger partial charge in [0.2, 0.25) is 0 Å². The molecule has 1 saturated carbocycles. The van der Waals surface area contributed by atoms with Crippen LogP contribution in [0.15, 0.2) is 28.6 Å². The summed E-state index contributed by atoms with van der Waals surface area (Å²) in [7, 11) is 0. The fourth-order valence-corrected chi connectivity index (χ4v) is 5.38. The second-order valence-corrected chi connectivity index (χ2v) is 7.96. The molecule has 1 aliphatic rings. The molecule has 5 heteroatoms. The highest BCUT2D eigenvalue weighted by Crippen LogP contribution is 2.32. The van der Waals surface area contributed by atoms with E-state index in [1.54, 1.807) is 23.3 Å². The van der Waals surface area contributed by atoms with Crippen molar-refractivity contribution in [3.63, 3.8) is 0 Å². The summed E-state index contributed by atoms with van der Waals surface area (Å²) in [6, 6.07) is 8.31. The number of aromatic nitrogens is 1. The van der Waals surface area contributed by atoms with E-state index in [1.807, 2.05) is 18.0 Å². The van der Waals surface area contributed by atoms with Crippen LogP contribution in [0.3, 0.4) is 0 Å². The fourth-order valence-electron chi connectivity index (χ4n) is 2.21. The lowest BCUT2D eigenvalue weighted by atomic mass is 10.0. The van der Waals surface area contributed by atoms with Crippen LogP contribution in [0.25, 0.3) is 10.2 Å². The third-order valence-electron chi connectivity index (χ3n) is 3.17. The largest absolute Gasteiger partial charge is 0.228 e. The van der Waals surface area contributed by atoms with Gasteiger partial charge in [-0.2, -0.15) is 0 Å². The van der Waals surface area contributed by atoms with Crippen LogP contribution in [0.4, 0.5) is 0 Å². The lowest BCUT2D eigenvalue weighted by molar-refractivity contribution is 0.516. The molecule has 96 valence electrons. The maximum atomic E-state index is 4.60. The van der Waals surface area contributed by atoms with Crippen molar-refractivity contribution in [2.45, 2.75) is 41.7 Å². The van der Waals surface area contributed by atoms with Crippen LogP contribution in [0.2, 0.25) is 0 Å². The highest BCUT2D eigenvalue weighted by molar-refractivity contribution is 8.13. The summed E-state index contributed by atoms with van der Waals surface area (Å²) in [5.41, 5.74) is 1.11. The molecule has 1 aromatic heterocycles. The van der Waals surface area contributed by atoms with Crippen LogP contribution < -0.4 is 4.13 Å². The summed E-state index contributed by atoms with van der Waals surface area (Å²) in [4.78, 5) is 4.60. The Labute approximate surface area is 120 Å². The quantitative estimate of drug-likeness (QED) is 0.813. The minimum Gasteiger partial charge on any atom is -0.228 e. The number of fused-ring (bicyclic) bond motifs is 1. The third-order valence-corrected chi connectivity index (χ3v) is 6.29. The zero-order chi connectivity index (χ0) is 12.2. The van der Waals surface area contributed by atoms with Gasteiger partial charge in [-0.1, -0.05) is 43.3 Å². The van der Waals surface area contributed by atoms with E-state index in [0.29, 0.717) is 0 Å². The molecule has 1 aliphatic carbocycles. The smallest absolute Gasteiger partial charge is 0.166 e. The maximum Gasteiger partial charge on any atom is 0.166 e. The number of rotatable bonds is 4. The van der Waals surface area contributed by atoms with E-state index in [1.165, 1.54) is 36.8 Å². The first-order valence-corrected chi connectivity index (χ1v) is 8.86. The Morgan fingerprint density at radius 1 is 1.17 bits per heavy atom. The van der Waals surface area contributed by atoms with Crippen LogP contribution in [-0.4, -0.2) is 10.2 Å². The Morgan fingerprint density at radius 2 is 2.00 bits per heavy atom. The second kappa shape index (κ2) is 6.28. The van der Waals surface area contributed by atoms with Crippen molar-refractivity contribution in [3.05, 3.63) is 24.3 Å². The van der Waals surface area contributed by atoms with E-state index in [9.17, 15) is 0 Å². The lowest BCUT2D eigenvalue weighted by Gasteiger charge is -2.20. The Hall–Kier alpha value is -0.230. The first-order chi connectivity index (χ1) is 8.92. The summed E-state index contributed by atoms with van der Waals surface area (Å²) >= 11 is 5.30. The van der Waals surface area contributed by atoms with E-state index in [2.05, 4.69) is 27.3 Å². The first kappa shape index (κ1) is 12.8. The van der Waals surface area contributed by atoms with Gasteiger partial charge in [0.05, 0.1) is 10.2 Å². The number of hydrogen-bond acceptors (Lipinski definition) is 5. The molecule has 1 N–H and O–H groups in total. The molecule has 3 rings (SSSR count). The Kier molecular flexibility index (Phi) is 4.46. The van der Waals surface area contributed by atoms with Crippen molar-refractivity contribution in [1.82, 2.24) is 9.11 Å². The molecule has 0 amide bonds. The molecular formula is C13H16N2S3. The minimum atomic E-state index is 0.792. The van der Waals surface area contributed by atoms with Gasteiger partial charge in [-0.25, -0.2) is 9.11 Å². The average molecular weight is 296 g/mol. The number of nitrogens with zero attached hydrogens (tertiary/aromatic N) is 1. The van der Waals surface area contributed by atoms with Gasteiger partial charge in [0.25, 0.3) is 0 Å². The van der Waals surface area contributed by atoms with Crippen molar-refractivity contribution in [2.24, 2.45) is 0 Å². The van der Waals surface area contributed by atoms with E-state index in [0.717, 1.165) is 15.1 Å². The standard InChI is InChI=1S/C13H16N2S3/c1-2-6-10(7-3-1)17-15-18-13-14-11-8-4-5-9-12(11)16-13/h4-5,8-10,15H,1-3,6-7H2. The predicted octanol–water partition coefficient (Wildman–Crippen LogP) is 4.87. The van der Waals surface area contributed by atoms with Crippen molar-refractivity contribution in [3.8, 4) is 0 Å². The summed E-state index contributed by atoms with van der Waals surface area (Å²) in [6.45, 7) is 0. The van der Waals surface area contributed by atoms with Gasteiger partial charge in [-0.05, 0) is 36.9 Å². The third kappa shape index (κ3) is 3.20. The summed E-state index contributed by atoms with van der Waals surface area (Å²) in [5.74, 6) is 0. The van der Waals surface area contributed by atoms with Gasteiger partial charge >= 0.3 is 0 Å². The number of para-hydroxylation sites is 1. The predicted molar refractivity (Wildman–Crippen MR) is 83.1 cm³/mol. The van der Waals surface area contributed by atoms with Gasteiger partial charge in [0.1, 0.15) is 0 Å². The van der Waals surface area contributed by atoms with Crippen LogP contribution in [-0.2, 0) is 0 Å². The van der Waals surface area contributed by atoms with Crippen molar-refractivity contribution in [2.75, 3.05) is 0 Å². The highest BCUT2D eigenvalue weighted by atomic mass is 32.2. The Morgan fingerprint density at radius 3 is 2.83 bits per heavy atom. The molecular weight excluding hydrogens is 280 g/mol. The van der Waals surface area contributed by atoms with Crippen molar-refractivity contribution < 1.29 is 0 Å². The number of benzene rings is 1. The van der Waals surface area contributed by atoms with Crippen molar-refractivity contribution >= 4 is 45.4 Å². The molecule has 0 spiro atoms. The zero-order valence-electron chi connectivity index (χ0n) is 10.1. The monoisotopic (exact) mass is 296 g/mol. The van der Waals surface area contributed by atoms with E-state index in [-0.39, 0.29) is 0 Å². The van der Waals surface area contributed by atoms with Gasteiger partial charge < -0.3 is 0 Å². The molecule has 2 nitrogen and oxygen atoms in total. The highest BCUT2D eigenvalue weighted by Gasteiger charge is 2.14. The van der Waals surface area contributed by atoms with Crippen LogP contribution in [0, 0.1) is 0 Å². The molecule has 1 heterocycles. The summed E-state index contributed by atoms with van der Waals surface area (Å²) in [5, 5.41) is 0.792. The SMILES string of the molecule is c1ccc2sc(SNSC3CCCCC3)nc2c1. The molecule has 1 aromatic carbocycles. The van der Waals surface area contributed by atoms with E-state index < -0.39 is 0 Å². The molecule has 0 saturated heterocycles. The topological polar surface area (TPSA) is 24.9 Å². The Balaban J connectivity index is 1.53. The number of thiazole rings is 1. The van der Waals surface area contributed by atoms with Gasteiger partial charge in [0, 0.05) is 5.25 Å². The minimum absolute atomic E-state index is 0.792. The van der Waals surface area contributed by atoms with Crippen LogP contribution >= 0.6 is 35.2 Å². The van der Waals surface area contributed by atoms with Gasteiger partial charge in [0.15, 0.2) is 4.34 Å².